The van der Waals surface area contributed by atoms with E-state index in [1.807, 2.05) is 6.07 Å². The molecule has 1 atom stereocenters. The molecule has 0 saturated heterocycles. The maximum Gasteiger partial charge on any atom is 0.573 e. The zero-order chi connectivity index (χ0) is 16.3. The third-order valence-electron chi connectivity index (χ3n) is 2.87. The Balaban J connectivity index is 3.09. The second kappa shape index (κ2) is 6.35. The number of rotatable bonds is 4. The molecule has 8 heteroatoms. The number of hydrogen-bond donors (Lipinski definition) is 1. The Hall–Kier alpha value is -1.75. The van der Waals surface area contributed by atoms with Crippen LogP contribution in [0.25, 0.3) is 0 Å². The van der Waals surface area contributed by atoms with Crippen LogP contribution in [0.4, 0.5) is 18.9 Å². The van der Waals surface area contributed by atoms with Gasteiger partial charge in [0.15, 0.2) is 5.75 Å². The Morgan fingerprint density at radius 2 is 2.10 bits per heavy atom. The van der Waals surface area contributed by atoms with E-state index in [4.69, 9.17) is 5.26 Å². The molecule has 0 aromatic heterocycles. The Labute approximate surface area is 128 Å². The Morgan fingerprint density at radius 1 is 1.48 bits per heavy atom. The maximum absolute atomic E-state index is 12.4. The van der Waals surface area contributed by atoms with Gasteiger partial charge in [-0.25, -0.2) is 0 Å². The van der Waals surface area contributed by atoms with Gasteiger partial charge >= 0.3 is 6.36 Å². The highest BCUT2D eigenvalue weighted by molar-refractivity contribution is 9.10. The number of hydrogen-bond acceptors (Lipinski definition) is 3. The van der Waals surface area contributed by atoms with Crippen LogP contribution >= 0.6 is 15.9 Å². The first kappa shape index (κ1) is 17.3. The highest BCUT2D eigenvalue weighted by Gasteiger charge is 2.34. The molecule has 0 spiro atoms. The Kier molecular flexibility index (Phi) is 5.23. The Morgan fingerprint density at radius 3 is 2.57 bits per heavy atom. The van der Waals surface area contributed by atoms with Crippen molar-refractivity contribution in [2.75, 3.05) is 5.32 Å². The van der Waals surface area contributed by atoms with Crippen molar-refractivity contribution >= 4 is 27.5 Å². The molecule has 1 aromatic rings. The average molecular weight is 365 g/mol. The first-order chi connectivity index (χ1) is 9.61. The molecule has 1 amide bonds. The summed E-state index contributed by atoms with van der Waals surface area (Å²) in [5, 5.41) is 11.3. The smallest absolute Gasteiger partial charge is 0.404 e. The fourth-order valence-corrected chi connectivity index (χ4v) is 1.70. The zero-order valence-corrected chi connectivity index (χ0v) is 12.8. The number of carbonyl (C=O) groups excluding carboxylic acids is 1. The summed E-state index contributed by atoms with van der Waals surface area (Å²) < 4.78 is 41.3. The fourth-order valence-electron chi connectivity index (χ4n) is 1.36. The second-order valence-corrected chi connectivity index (χ2v) is 5.36. The molecule has 114 valence electrons. The van der Waals surface area contributed by atoms with Crippen LogP contribution in [0.15, 0.2) is 22.7 Å². The van der Waals surface area contributed by atoms with Crippen molar-refractivity contribution in [2.45, 2.75) is 26.6 Å². The van der Waals surface area contributed by atoms with Crippen LogP contribution in [0.3, 0.4) is 0 Å². The van der Waals surface area contributed by atoms with Gasteiger partial charge in [0.1, 0.15) is 5.41 Å². The number of nitrogens with one attached hydrogen (secondary N) is 1. The van der Waals surface area contributed by atoms with Crippen LogP contribution in [0.1, 0.15) is 20.3 Å². The highest BCUT2D eigenvalue weighted by Crippen LogP contribution is 2.34. The molecule has 0 radical (unpaired) electrons. The number of halogens is 4. The number of alkyl halides is 3. The van der Waals surface area contributed by atoms with Gasteiger partial charge in [0.2, 0.25) is 5.91 Å². The topological polar surface area (TPSA) is 62.1 Å². The van der Waals surface area contributed by atoms with Crippen LogP contribution in [-0.4, -0.2) is 12.3 Å². The third-order valence-corrected chi connectivity index (χ3v) is 3.37. The minimum atomic E-state index is -4.89. The van der Waals surface area contributed by atoms with Crippen LogP contribution in [0.2, 0.25) is 0 Å². The number of benzene rings is 1. The lowest BCUT2D eigenvalue weighted by Crippen LogP contribution is -2.32. The molecule has 1 unspecified atom stereocenters. The number of carbonyl (C=O) groups is 1. The summed E-state index contributed by atoms with van der Waals surface area (Å²) in [6.07, 6.45) is -4.66. The first-order valence-electron chi connectivity index (χ1n) is 5.89. The number of nitriles is 1. The summed E-state index contributed by atoms with van der Waals surface area (Å²) in [5.74, 6) is -1.25. The number of anilines is 1. The fraction of sp³-hybridized carbons (Fsp3) is 0.385. The average Bonchev–Trinajstić information content (AvgIpc) is 2.39. The molecule has 0 aliphatic rings. The van der Waals surface area contributed by atoms with Gasteiger partial charge in [0.25, 0.3) is 0 Å². The standard InChI is InChI=1S/C13H12BrF3N2O2/c1-3-12(2,7-18)11(20)19-9-5-4-8(14)6-10(9)21-13(15,16)17/h4-6H,3H2,1-2H3,(H,19,20). The zero-order valence-electron chi connectivity index (χ0n) is 11.2. The van der Waals surface area contributed by atoms with Gasteiger partial charge < -0.3 is 10.1 Å². The molecule has 0 fully saturated rings. The van der Waals surface area contributed by atoms with E-state index in [0.29, 0.717) is 4.47 Å². The maximum atomic E-state index is 12.4. The largest absolute Gasteiger partial charge is 0.573 e. The number of amides is 1. The minimum absolute atomic E-state index is 0.157. The number of nitrogens with zero attached hydrogens (tertiary/aromatic N) is 1. The SMILES string of the molecule is CCC(C)(C#N)C(=O)Nc1ccc(Br)cc1OC(F)(F)F. The van der Waals surface area contributed by atoms with Gasteiger partial charge in [0, 0.05) is 4.47 Å². The van der Waals surface area contributed by atoms with Gasteiger partial charge in [-0.3, -0.25) is 4.79 Å². The molecule has 1 aromatic carbocycles. The van der Waals surface area contributed by atoms with Crippen molar-refractivity contribution in [2.24, 2.45) is 5.41 Å². The summed E-state index contributed by atoms with van der Waals surface area (Å²) in [4.78, 5) is 12.0. The van der Waals surface area contributed by atoms with E-state index in [1.165, 1.54) is 19.1 Å². The Bertz CT molecular complexity index is 584. The molecule has 1 rings (SSSR count). The van der Waals surface area contributed by atoms with E-state index in [0.717, 1.165) is 6.07 Å². The van der Waals surface area contributed by atoms with Gasteiger partial charge in [-0.05, 0) is 31.5 Å². The lowest BCUT2D eigenvalue weighted by Gasteiger charge is -2.20. The predicted molar refractivity (Wildman–Crippen MR) is 73.5 cm³/mol. The first-order valence-corrected chi connectivity index (χ1v) is 6.68. The van der Waals surface area contributed by atoms with Crippen molar-refractivity contribution in [3.63, 3.8) is 0 Å². The van der Waals surface area contributed by atoms with E-state index >= 15 is 0 Å². The predicted octanol–water partition coefficient (Wildman–Crippen LogP) is 4.23. The molecule has 1 N–H and O–H groups in total. The van der Waals surface area contributed by atoms with Crippen LogP contribution in [0, 0.1) is 16.7 Å². The van der Waals surface area contributed by atoms with Crippen molar-refractivity contribution in [1.82, 2.24) is 0 Å². The van der Waals surface area contributed by atoms with Crippen LogP contribution in [0.5, 0.6) is 5.75 Å². The molecular weight excluding hydrogens is 353 g/mol. The van der Waals surface area contributed by atoms with Crippen LogP contribution < -0.4 is 10.1 Å². The van der Waals surface area contributed by atoms with E-state index in [9.17, 15) is 18.0 Å². The summed E-state index contributed by atoms with van der Waals surface area (Å²) >= 11 is 3.02. The lowest BCUT2D eigenvalue weighted by atomic mass is 9.88. The van der Waals surface area contributed by atoms with Crippen molar-refractivity contribution < 1.29 is 22.7 Å². The summed E-state index contributed by atoms with van der Waals surface area (Å²) in [7, 11) is 0. The lowest BCUT2D eigenvalue weighted by molar-refractivity contribution is -0.274. The molecular formula is C13H12BrF3N2O2. The second-order valence-electron chi connectivity index (χ2n) is 4.44. The molecule has 0 saturated carbocycles. The summed E-state index contributed by atoms with van der Waals surface area (Å²) in [6.45, 7) is 3.04. The summed E-state index contributed by atoms with van der Waals surface area (Å²) in [5.41, 5.74) is -1.49. The molecule has 4 nitrogen and oxygen atoms in total. The van der Waals surface area contributed by atoms with Crippen molar-refractivity contribution in [3.8, 4) is 11.8 Å². The van der Waals surface area contributed by atoms with Crippen molar-refractivity contribution in [3.05, 3.63) is 22.7 Å². The monoisotopic (exact) mass is 364 g/mol. The molecule has 0 aliphatic heterocycles. The van der Waals surface area contributed by atoms with E-state index < -0.39 is 23.4 Å². The van der Waals surface area contributed by atoms with E-state index in [2.05, 4.69) is 26.0 Å². The molecule has 0 heterocycles. The molecule has 21 heavy (non-hydrogen) atoms. The van der Waals surface area contributed by atoms with Crippen LogP contribution in [-0.2, 0) is 4.79 Å². The molecule has 0 bridgehead atoms. The highest BCUT2D eigenvalue weighted by atomic mass is 79.9. The molecule has 0 aliphatic carbocycles. The van der Waals surface area contributed by atoms with Gasteiger partial charge in [-0.2, -0.15) is 5.26 Å². The third kappa shape index (κ3) is 4.63. The van der Waals surface area contributed by atoms with Gasteiger partial charge in [-0.15, -0.1) is 13.2 Å². The normalized spacial score (nSPS) is 14.0. The van der Waals surface area contributed by atoms with E-state index in [1.54, 1.807) is 6.92 Å². The minimum Gasteiger partial charge on any atom is -0.404 e. The van der Waals surface area contributed by atoms with Gasteiger partial charge in [0.05, 0.1) is 11.8 Å². The van der Waals surface area contributed by atoms with Crippen molar-refractivity contribution in [1.29, 1.82) is 5.26 Å². The number of ether oxygens (including phenoxy) is 1. The summed E-state index contributed by atoms with van der Waals surface area (Å²) in [6, 6.07) is 5.64. The quantitative estimate of drug-likeness (QED) is 0.869. The van der Waals surface area contributed by atoms with E-state index in [-0.39, 0.29) is 12.1 Å². The van der Waals surface area contributed by atoms with Gasteiger partial charge in [-0.1, -0.05) is 22.9 Å².